The van der Waals surface area contributed by atoms with Crippen LogP contribution in [-0.2, 0) is 14.8 Å². The van der Waals surface area contributed by atoms with Gasteiger partial charge in [-0.05, 0) is 50.5 Å². The lowest BCUT2D eigenvalue weighted by atomic mass is 9.98. The number of rotatable bonds is 6. The Morgan fingerprint density at radius 2 is 2.04 bits per heavy atom. The third-order valence-corrected chi connectivity index (χ3v) is 6.45. The molecule has 1 N–H and O–H groups in total. The summed E-state index contributed by atoms with van der Waals surface area (Å²) < 4.78 is 26.9. The van der Waals surface area contributed by atoms with Crippen molar-refractivity contribution in [3.05, 3.63) is 29.3 Å². The van der Waals surface area contributed by atoms with Crippen molar-refractivity contribution in [3.8, 4) is 0 Å². The predicted octanol–water partition coefficient (Wildman–Crippen LogP) is 3.05. The Kier molecular flexibility index (Phi) is 6.66. The number of hydrogen-bond donors (Lipinski definition) is 1. The van der Waals surface area contributed by atoms with Crippen LogP contribution in [-0.4, -0.2) is 37.8 Å². The van der Waals surface area contributed by atoms with Gasteiger partial charge in [-0.1, -0.05) is 24.9 Å². The van der Waals surface area contributed by atoms with Crippen LogP contribution < -0.4 is 5.32 Å². The first kappa shape index (κ1) is 19.2. The zero-order valence-corrected chi connectivity index (χ0v) is 15.7. The summed E-state index contributed by atoms with van der Waals surface area (Å²) >= 11 is 5.82. The topological polar surface area (TPSA) is 66.5 Å². The van der Waals surface area contributed by atoms with E-state index in [2.05, 4.69) is 12.2 Å². The van der Waals surface area contributed by atoms with Gasteiger partial charge < -0.3 is 5.32 Å². The second kappa shape index (κ2) is 8.32. The van der Waals surface area contributed by atoms with Gasteiger partial charge in [0, 0.05) is 24.2 Å². The number of sulfonamides is 1. The van der Waals surface area contributed by atoms with Crippen molar-refractivity contribution < 1.29 is 13.2 Å². The highest BCUT2D eigenvalue weighted by molar-refractivity contribution is 7.89. The molecule has 1 heterocycles. The van der Waals surface area contributed by atoms with Gasteiger partial charge in [0.2, 0.25) is 15.9 Å². The summed E-state index contributed by atoms with van der Waals surface area (Å²) in [5.41, 5.74) is 0. The van der Waals surface area contributed by atoms with E-state index in [9.17, 15) is 13.2 Å². The molecule has 2 rings (SSSR count). The van der Waals surface area contributed by atoms with Crippen LogP contribution in [0.25, 0.3) is 0 Å². The Morgan fingerprint density at radius 3 is 2.67 bits per heavy atom. The number of nitrogens with one attached hydrogen (secondary N) is 1. The molecule has 24 heavy (non-hydrogen) atoms. The number of amides is 1. The summed E-state index contributed by atoms with van der Waals surface area (Å²) in [6, 6.07) is 6.25. The van der Waals surface area contributed by atoms with Crippen LogP contribution in [0.2, 0.25) is 5.02 Å². The van der Waals surface area contributed by atoms with E-state index in [1.165, 1.54) is 16.4 Å². The average molecular weight is 373 g/mol. The second-order valence-corrected chi connectivity index (χ2v) is 8.73. The van der Waals surface area contributed by atoms with Gasteiger partial charge in [0.25, 0.3) is 0 Å². The lowest BCUT2D eigenvalue weighted by Crippen LogP contribution is -2.47. The van der Waals surface area contributed by atoms with Crippen LogP contribution in [0.15, 0.2) is 29.2 Å². The molecule has 0 bridgehead atoms. The van der Waals surface area contributed by atoms with Crippen LogP contribution in [0.4, 0.5) is 0 Å². The van der Waals surface area contributed by atoms with E-state index in [-0.39, 0.29) is 29.3 Å². The predicted molar refractivity (Wildman–Crippen MR) is 95.4 cm³/mol. The molecule has 134 valence electrons. The highest BCUT2D eigenvalue weighted by Gasteiger charge is 2.33. The number of carbonyl (C=O) groups is 1. The van der Waals surface area contributed by atoms with Crippen molar-refractivity contribution in [2.45, 2.75) is 50.5 Å². The van der Waals surface area contributed by atoms with Gasteiger partial charge in [0.05, 0.1) is 10.8 Å². The summed E-state index contributed by atoms with van der Waals surface area (Å²) in [7, 11) is -3.59. The first-order valence-electron chi connectivity index (χ1n) is 8.40. The maximum absolute atomic E-state index is 12.7. The third kappa shape index (κ3) is 4.71. The van der Waals surface area contributed by atoms with Crippen molar-refractivity contribution in [2.24, 2.45) is 5.92 Å². The quantitative estimate of drug-likeness (QED) is 0.834. The van der Waals surface area contributed by atoms with Crippen molar-refractivity contribution in [2.75, 3.05) is 13.1 Å². The molecule has 0 radical (unpaired) electrons. The third-order valence-electron chi connectivity index (χ3n) is 4.32. The molecule has 7 heteroatoms. The second-order valence-electron chi connectivity index (χ2n) is 6.35. The lowest BCUT2D eigenvalue weighted by molar-refractivity contribution is -0.126. The molecule has 2 atom stereocenters. The number of piperidine rings is 1. The van der Waals surface area contributed by atoms with E-state index in [0.29, 0.717) is 18.0 Å². The number of nitrogens with zero attached hydrogens (tertiary/aromatic N) is 1. The molecule has 1 fully saturated rings. The molecule has 0 saturated carbocycles. The fraction of sp³-hybridized carbons (Fsp3) is 0.588. The van der Waals surface area contributed by atoms with Gasteiger partial charge in [-0.2, -0.15) is 4.31 Å². The Morgan fingerprint density at radius 1 is 1.38 bits per heavy atom. The fourth-order valence-electron chi connectivity index (χ4n) is 3.00. The molecule has 1 aliphatic heterocycles. The van der Waals surface area contributed by atoms with Crippen LogP contribution in [0.5, 0.6) is 0 Å². The van der Waals surface area contributed by atoms with Crippen LogP contribution in [0, 0.1) is 5.92 Å². The maximum Gasteiger partial charge on any atom is 0.243 e. The van der Waals surface area contributed by atoms with E-state index in [4.69, 9.17) is 11.6 Å². The summed E-state index contributed by atoms with van der Waals surface area (Å²) in [5.74, 6) is -0.341. The first-order chi connectivity index (χ1) is 11.3. The Bertz CT molecular complexity index is 661. The van der Waals surface area contributed by atoms with Crippen molar-refractivity contribution in [3.63, 3.8) is 0 Å². The van der Waals surface area contributed by atoms with E-state index < -0.39 is 10.0 Å². The van der Waals surface area contributed by atoms with E-state index in [0.717, 1.165) is 19.3 Å². The largest absolute Gasteiger partial charge is 0.353 e. The summed E-state index contributed by atoms with van der Waals surface area (Å²) in [4.78, 5) is 12.6. The van der Waals surface area contributed by atoms with Crippen LogP contribution >= 0.6 is 11.6 Å². The highest BCUT2D eigenvalue weighted by atomic mass is 35.5. The number of benzene rings is 1. The molecule has 0 aromatic heterocycles. The molecular formula is C17H25ClN2O3S. The molecular weight excluding hydrogens is 348 g/mol. The van der Waals surface area contributed by atoms with Crippen LogP contribution in [0.1, 0.15) is 39.5 Å². The summed E-state index contributed by atoms with van der Waals surface area (Å²) in [5, 5.41) is 3.49. The number of halogens is 1. The normalized spacial score (nSPS) is 20.5. The standard InChI is InChI=1S/C17H25ClN2O3S/c1-3-5-13(2)19-17(21)14-6-4-11-20(12-14)24(22,23)16-9-7-15(18)8-10-16/h7-10,13-14H,3-6,11-12H2,1-2H3,(H,19,21)/t13-,14+/m0/s1. The van der Waals surface area contributed by atoms with Crippen molar-refractivity contribution >= 4 is 27.5 Å². The fourth-order valence-corrected chi connectivity index (χ4v) is 4.65. The minimum atomic E-state index is -3.59. The zero-order chi connectivity index (χ0) is 17.7. The first-order valence-corrected chi connectivity index (χ1v) is 10.2. The van der Waals surface area contributed by atoms with Crippen molar-refractivity contribution in [1.82, 2.24) is 9.62 Å². The lowest BCUT2D eigenvalue weighted by Gasteiger charge is -2.31. The highest BCUT2D eigenvalue weighted by Crippen LogP contribution is 2.25. The van der Waals surface area contributed by atoms with Crippen molar-refractivity contribution in [1.29, 1.82) is 0 Å². The van der Waals surface area contributed by atoms with Gasteiger partial charge in [-0.25, -0.2) is 8.42 Å². The zero-order valence-electron chi connectivity index (χ0n) is 14.2. The molecule has 1 saturated heterocycles. The molecule has 0 spiro atoms. The SMILES string of the molecule is CCC[C@H](C)NC(=O)[C@@H]1CCCN(S(=O)(=O)c2ccc(Cl)cc2)C1. The number of hydrogen-bond acceptors (Lipinski definition) is 3. The van der Waals surface area contributed by atoms with Gasteiger partial charge in [0.15, 0.2) is 0 Å². The number of carbonyl (C=O) groups excluding carboxylic acids is 1. The minimum Gasteiger partial charge on any atom is -0.353 e. The Hall–Kier alpha value is -1.11. The summed E-state index contributed by atoms with van der Waals surface area (Å²) in [6.07, 6.45) is 3.33. The monoisotopic (exact) mass is 372 g/mol. The van der Waals surface area contributed by atoms with Gasteiger partial charge in [-0.3, -0.25) is 4.79 Å². The Balaban J connectivity index is 2.07. The molecule has 1 aliphatic rings. The Labute approximate surface area is 149 Å². The molecule has 5 nitrogen and oxygen atoms in total. The molecule has 1 aromatic carbocycles. The minimum absolute atomic E-state index is 0.0491. The van der Waals surface area contributed by atoms with E-state index >= 15 is 0 Å². The van der Waals surface area contributed by atoms with Gasteiger partial charge >= 0.3 is 0 Å². The van der Waals surface area contributed by atoms with Gasteiger partial charge in [0.1, 0.15) is 0 Å². The molecule has 0 aliphatic carbocycles. The van der Waals surface area contributed by atoms with E-state index in [1.807, 2.05) is 6.92 Å². The maximum atomic E-state index is 12.7. The molecule has 0 unspecified atom stereocenters. The average Bonchev–Trinajstić information content (AvgIpc) is 2.55. The van der Waals surface area contributed by atoms with Crippen LogP contribution in [0.3, 0.4) is 0 Å². The summed E-state index contributed by atoms with van der Waals surface area (Å²) in [6.45, 7) is 4.73. The smallest absolute Gasteiger partial charge is 0.243 e. The van der Waals surface area contributed by atoms with E-state index in [1.54, 1.807) is 12.1 Å². The van der Waals surface area contributed by atoms with Gasteiger partial charge in [-0.15, -0.1) is 0 Å². The molecule has 1 amide bonds. The molecule has 1 aromatic rings.